The lowest BCUT2D eigenvalue weighted by molar-refractivity contribution is 0.608. The van der Waals surface area contributed by atoms with Gasteiger partial charge in [0.25, 0.3) is 9.05 Å². The van der Waals surface area contributed by atoms with E-state index in [1.54, 1.807) is 0 Å². The van der Waals surface area contributed by atoms with Crippen LogP contribution in [0.3, 0.4) is 0 Å². The molecule has 0 amide bonds. The van der Waals surface area contributed by atoms with Crippen LogP contribution in [0.5, 0.6) is 0 Å². The predicted octanol–water partition coefficient (Wildman–Crippen LogP) is 2.02. The van der Waals surface area contributed by atoms with Crippen LogP contribution < -0.4 is 0 Å². The lowest BCUT2D eigenvalue weighted by Crippen LogP contribution is -2.00. The molecule has 0 aromatic carbocycles. The lowest BCUT2D eigenvalue weighted by Gasteiger charge is -2.01. The first-order valence-electron chi connectivity index (χ1n) is 2.96. The Hall–Kier alpha value is -0.100. The summed E-state index contributed by atoms with van der Waals surface area (Å²) in [6.07, 6.45) is 0. The first-order chi connectivity index (χ1) is 5.82. The van der Waals surface area contributed by atoms with Crippen molar-refractivity contribution < 1.29 is 8.42 Å². The normalized spacial score (nSPS) is 11.7. The third-order valence-electron chi connectivity index (χ3n) is 1.14. The molecular formula is C5H3Cl3N2O2S. The molecule has 0 atom stereocenters. The fourth-order valence-corrected chi connectivity index (χ4v) is 2.95. The second-order valence-electron chi connectivity index (χ2n) is 2.12. The van der Waals surface area contributed by atoms with Crippen LogP contribution in [0, 0.1) is 6.92 Å². The average Bonchev–Trinajstić information content (AvgIpc) is 1.78. The summed E-state index contributed by atoms with van der Waals surface area (Å²) >= 11 is 11.0. The smallest absolute Gasteiger partial charge is 0.220 e. The number of halogens is 3. The summed E-state index contributed by atoms with van der Waals surface area (Å²) in [5.41, 5.74) is 0. The van der Waals surface area contributed by atoms with E-state index in [-0.39, 0.29) is 16.1 Å². The molecule has 1 heterocycles. The highest BCUT2D eigenvalue weighted by Gasteiger charge is 2.21. The number of nitrogens with zero attached hydrogens (tertiary/aromatic N) is 2. The van der Waals surface area contributed by atoms with E-state index in [4.69, 9.17) is 33.9 Å². The number of aromatic nitrogens is 2. The molecule has 0 spiro atoms. The summed E-state index contributed by atoms with van der Waals surface area (Å²) in [6.45, 7) is 1.53. The molecule has 72 valence electrons. The second kappa shape index (κ2) is 3.57. The molecule has 1 rings (SSSR count). The van der Waals surface area contributed by atoms with E-state index < -0.39 is 13.9 Å². The topological polar surface area (TPSA) is 59.9 Å². The van der Waals surface area contributed by atoms with Crippen molar-refractivity contribution in [2.45, 2.75) is 11.8 Å². The van der Waals surface area contributed by atoms with Gasteiger partial charge in [0, 0.05) is 10.7 Å². The van der Waals surface area contributed by atoms with Crippen molar-refractivity contribution >= 4 is 42.9 Å². The van der Waals surface area contributed by atoms with Crippen LogP contribution in [0.2, 0.25) is 10.3 Å². The minimum atomic E-state index is -4.00. The largest absolute Gasteiger partial charge is 0.267 e. The molecule has 0 radical (unpaired) electrons. The van der Waals surface area contributed by atoms with Gasteiger partial charge in [-0.1, -0.05) is 23.2 Å². The van der Waals surface area contributed by atoms with E-state index in [2.05, 4.69) is 9.97 Å². The molecule has 1 aromatic heterocycles. The van der Waals surface area contributed by atoms with Gasteiger partial charge in [0.2, 0.25) is 0 Å². The Balaban J connectivity index is 3.57. The number of hydrogen-bond donors (Lipinski definition) is 0. The Morgan fingerprint density at radius 2 is 1.54 bits per heavy atom. The van der Waals surface area contributed by atoms with Crippen LogP contribution >= 0.6 is 33.9 Å². The summed E-state index contributed by atoms with van der Waals surface area (Å²) in [4.78, 5) is 6.76. The van der Waals surface area contributed by atoms with E-state index >= 15 is 0 Å². The minimum Gasteiger partial charge on any atom is -0.220 e. The Kier molecular flexibility index (Phi) is 3.01. The molecule has 0 saturated heterocycles. The maximum Gasteiger partial charge on any atom is 0.267 e. The Morgan fingerprint density at radius 1 is 1.15 bits per heavy atom. The molecule has 1 aromatic rings. The van der Waals surface area contributed by atoms with Crippen molar-refractivity contribution in [3.05, 3.63) is 16.1 Å². The molecule has 0 aliphatic rings. The fourth-order valence-electron chi connectivity index (χ4n) is 0.697. The number of hydrogen-bond acceptors (Lipinski definition) is 4. The number of aryl methyl sites for hydroxylation is 1. The summed E-state index contributed by atoms with van der Waals surface area (Å²) in [6, 6.07) is 0. The summed E-state index contributed by atoms with van der Waals surface area (Å²) < 4.78 is 21.8. The highest BCUT2D eigenvalue weighted by molar-refractivity contribution is 8.13. The number of rotatable bonds is 1. The van der Waals surface area contributed by atoms with Crippen molar-refractivity contribution in [1.82, 2.24) is 9.97 Å². The van der Waals surface area contributed by atoms with Gasteiger partial charge in [-0.3, -0.25) is 0 Å². The summed E-state index contributed by atoms with van der Waals surface area (Å²) in [5, 5.41) is -0.542. The molecule has 0 fully saturated rings. The zero-order valence-corrected chi connectivity index (χ0v) is 9.34. The molecule has 0 aliphatic heterocycles. The quantitative estimate of drug-likeness (QED) is 0.573. The molecule has 0 aliphatic carbocycles. The van der Waals surface area contributed by atoms with Gasteiger partial charge < -0.3 is 0 Å². The molecule has 13 heavy (non-hydrogen) atoms. The van der Waals surface area contributed by atoms with Crippen molar-refractivity contribution in [1.29, 1.82) is 0 Å². The van der Waals surface area contributed by atoms with Crippen LogP contribution in [-0.2, 0) is 9.05 Å². The molecular weight excluding hydrogens is 258 g/mol. The fraction of sp³-hybridized carbons (Fsp3) is 0.200. The van der Waals surface area contributed by atoms with Gasteiger partial charge in [-0.05, 0) is 6.92 Å². The van der Waals surface area contributed by atoms with Crippen LogP contribution in [0.4, 0.5) is 0 Å². The van der Waals surface area contributed by atoms with Gasteiger partial charge in [-0.2, -0.15) is 0 Å². The predicted molar refractivity (Wildman–Crippen MR) is 49.8 cm³/mol. The van der Waals surface area contributed by atoms with Crippen LogP contribution in [0.1, 0.15) is 5.82 Å². The van der Waals surface area contributed by atoms with Crippen molar-refractivity contribution in [3.63, 3.8) is 0 Å². The SMILES string of the molecule is Cc1nc(Cl)c(S(=O)(=O)Cl)c(Cl)n1. The third kappa shape index (κ3) is 2.43. The van der Waals surface area contributed by atoms with Crippen molar-refractivity contribution in [2.75, 3.05) is 0 Å². The van der Waals surface area contributed by atoms with Crippen LogP contribution in [0.15, 0.2) is 4.90 Å². The molecule has 8 heteroatoms. The maximum absolute atomic E-state index is 10.9. The Morgan fingerprint density at radius 3 is 1.85 bits per heavy atom. The van der Waals surface area contributed by atoms with Gasteiger partial charge in [-0.25, -0.2) is 18.4 Å². The van der Waals surface area contributed by atoms with Gasteiger partial charge >= 0.3 is 0 Å². The Labute approximate surface area is 89.3 Å². The summed E-state index contributed by atoms with van der Waals surface area (Å²) in [5.74, 6) is 0.277. The third-order valence-corrected chi connectivity index (χ3v) is 3.25. The monoisotopic (exact) mass is 260 g/mol. The van der Waals surface area contributed by atoms with Crippen LogP contribution in [-0.4, -0.2) is 18.4 Å². The van der Waals surface area contributed by atoms with Gasteiger partial charge in [0.1, 0.15) is 5.82 Å². The molecule has 0 bridgehead atoms. The molecule has 0 saturated carbocycles. The van der Waals surface area contributed by atoms with Crippen molar-refractivity contribution in [3.8, 4) is 0 Å². The van der Waals surface area contributed by atoms with E-state index in [1.165, 1.54) is 6.92 Å². The molecule has 4 nitrogen and oxygen atoms in total. The highest BCUT2D eigenvalue weighted by atomic mass is 35.7. The average molecular weight is 262 g/mol. The Bertz CT molecular complexity index is 422. The summed E-state index contributed by atoms with van der Waals surface area (Å²) in [7, 11) is 1.05. The van der Waals surface area contributed by atoms with E-state index in [0.29, 0.717) is 0 Å². The van der Waals surface area contributed by atoms with Gasteiger partial charge in [0.05, 0.1) is 0 Å². The van der Waals surface area contributed by atoms with E-state index in [0.717, 1.165) is 0 Å². The van der Waals surface area contributed by atoms with Gasteiger partial charge in [0.15, 0.2) is 15.2 Å². The molecule has 0 N–H and O–H groups in total. The van der Waals surface area contributed by atoms with E-state index in [1.807, 2.05) is 0 Å². The van der Waals surface area contributed by atoms with E-state index in [9.17, 15) is 8.42 Å². The lowest BCUT2D eigenvalue weighted by atomic mass is 10.6. The zero-order chi connectivity index (χ0) is 10.2. The molecule has 0 unspecified atom stereocenters. The first-order valence-corrected chi connectivity index (χ1v) is 6.03. The minimum absolute atomic E-state index is 0.271. The zero-order valence-electron chi connectivity index (χ0n) is 6.25. The van der Waals surface area contributed by atoms with Gasteiger partial charge in [-0.15, -0.1) is 0 Å². The van der Waals surface area contributed by atoms with Crippen LogP contribution in [0.25, 0.3) is 0 Å². The first kappa shape index (κ1) is 11.0. The highest BCUT2D eigenvalue weighted by Crippen LogP contribution is 2.28. The second-order valence-corrected chi connectivity index (χ2v) is 5.34. The standard InChI is InChI=1S/C5H3Cl3N2O2S/c1-2-9-4(6)3(5(7)10-2)13(8,11)12/h1H3. The van der Waals surface area contributed by atoms with Crippen molar-refractivity contribution in [2.24, 2.45) is 0 Å². The maximum atomic E-state index is 10.9.